The van der Waals surface area contributed by atoms with Gasteiger partial charge in [-0.1, -0.05) is 140 Å². The number of hydrogen-bond donors (Lipinski definition) is 2. The second-order valence-electron chi connectivity index (χ2n) is 13.3. The van der Waals surface area contributed by atoms with Crippen LogP contribution in [0.4, 0.5) is 0 Å². The summed E-state index contributed by atoms with van der Waals surface area (Å²) in [5, 5.41) is 9.59. The van der Waals surface area contributed by atoms with E-state index >= 15 is 0 Å². The van der Waals surface area contributed by atoms with Crippen LogP contribution in [-0.4, -0.2) is 6.04 Å². The molecule has 0 radical (unpaired) electrons. The molecular formula is C45H30N2O. The molecular weight excluding hydrogens is 585 g/mol. The molecule has 0 amide bonds. The number of nitrogens with one attached hydrogen (secondary N) is 2. The molecule has 1 aromatic heterocycles. The number of hydrogen-bond acceptors (Lipinski definition) is 3. The lowest BCUT2D eigenvalue weighted by atomic mass is 9.70. The number of benzene rings is 6. The summed E-state index contributed by atoms with van der Waals surface area (Å²) >= 11 is 0. The Kier molecular flexibility index (Phi) is 5.22. The summed E-state index contributed by atoms with van der Waals surface area (Å²) in [6, 6.07) is 47.3. The van der Waals surface area contributed by atoms with Crippen LogP contribution in [0.2, 0.25) is 0 Å². The summed E-state index contributed by atoms with van der Waals surface area (Å²) < 4.78 is 6.73. The number of fused-ring (bicyclic) bond motifs is 15. The average Bonchev–Trinajstić information content (AvgIpc) is 3.78. The molecule has 48 heavy (non-hydrogen) atoms. The third-order valence-corrected chi connectivity index (χ3v) is 11.0. The predicted octanol–water partition coefficient (Wildman–Crippen LogP) is 10.2. The van der Waals surface area contributed by atoms with Crippen molar-refractivity contribution in [3.05, 3.63) is 191 Å². The Labute approximate surface area is 278 Å². The van der Waals surface area contributed by atoms with Crippen LogP contribution < -0.4 is 10.6 Å². The van der Waals surface area contributed by atoms with Crippen LogP contribution in [-0.2, 0) is 5.41 Å². The summed E-state index contributed by atoms with van der Waals surface area (Å²) in [4.78, 5) is 0. The van der Waals surface area contributed by atoms with Crippen molar-refractivity contribution < 1.29 is 4.42 Å². The largest absolute Gasteiger partial charge is 0.455 e. The zero-order valence-electron chi connectivity index (χ0n) is 26.1. The van der Waals surface area contributed by atoms with E-state index in [4.69, 9.17) is 4.42 Å². The Bertz CT molecular complexity index is 2540. The first kappa shape index (κ1) is 26.2. The molecule has 0 fully saturated rings. The van der Waals surface area contributed by atoms with Gasteiger partial charge in [0.05, 0.1) is 11.5 Å². The molecule has 2 unspecified atom stereocenters. The minimum absolute atomic E-state index is 0.0550. The Balaban J connectivity index is 1.11. The van der Waals surface area contributed by atoms with Crippen molar-refractivity contribution in [3.63, 3.8) is 0 Å². The molecule has 3 nitrogen and oxygen atoms in total. The summed E-state index contributed by atoms with van der Waals surface area (Å²) in [6.45, 7) is 0. The molecule has 3 aliphatic carbocycles. The van der Waals surface area contributed by atoms with E-state index in [1.807, 2.05) is 0 Å². The molecule has 0 saturated carbocycles. The number of rotatable bonds is 2. The van der Waals surface area contributed by atoms with Crippen LogP contribution in [0.25, 0.3) is 55.3 Å². The fourth-order valence-electron chi connectivity index (χ4n) is 8.90. The zero-order valence-corrected chi connectivity index (χ0v) is 26.1. The molecule has 11 rings (SSSR count). The van der Waals surface area contributed by atoms with Crippen LogP contribution in [0.1, 0.15) is 34.0 Å². The second kappa shape index (κ2) is 9.57. The van der Waals surface area contributed by atoms with E-state index in [0.717, 1.165) is 16.6 Å². The molecule has 1 aliphatic heterocycles. The predicted molar refractivity (Wildman–Crippen MR) is 195 cm³/mol. The Hall–Kier alpha value is -5.90. The highest BCUT2D eigenvalue weighted by Gasteiger charge is 2.52. The van der Waals surface area contributed by atoms with Crippen molar-refractivity contribution in [1.29, 1.82) is 0 Å². The van der Waals surface area contributed by atoms with Gasteiger partial charge >= 0.3 is 0 Å². The lowest BCUT2D eigenvalue weighted by molar-refractivity contribution is 0.449. The van der Waals surface area contributed by atoms with Crippen LogP contribution in [0, 0.1) is 0 Å². The third-order valence-electron chi connectivity index (χ3n) is 11.0. The molecule has 6 aromatic carbocycles. The Morgan fingerprint density at radius 2 is 1.33 bits per heavy atom. The van der Waals surface area contributed by atoms with E-state index in [1.165, 1.54) is 72.2 Å². The fourth-order valence-corrected chi connectivity index (χ4v) is 8.90. The van der Waals surface area contributed by atoms with Gasteiger partial charge in [0.15, 0.2) is 0 Å². The Morgan fingerprint density at radius 1 is 0.583 bits per heavy atom. The minimum atomic E-state index is -0.442. The van der Waals surface area contributed by atoms with Gasteiger partial charge in [-0.3, -0.25) is 5.32 Å². The maximum Gasteiger partial charge on any atom is 0.143 e. The quantitative estimate of drug-likeness (QED) is 0.203. The molecule has 2 N–H and O–H groups in total. The molecule has 2 atom stereocenters. The SMILES string of the molecule is C1=CC2=CNC(c3ccc(-c4ccc5c(c4)C4(c6ccccc6-c6ccccc64)c4ccc6c(oc7ccccc76)c4-5)cc3)NC2C=C1. The zero-order chi connectivity index (χ0) is 31.4. The monoisotopic (exact) mass is 614 g/mol. The van der Waals surface area contributed by atoms with Gasteiger partial charge in [0.25, 0.3) is 0 Å². The average molecular weight is 615 g/mol. The number of furan rings is 1. The molecule has 0 bridgehead atoms. The van der Waals surface area contributed by atoms with Gasteiger partial charge in [0.1, 0.15) is 17.3 Å². The van der Waals surface area contributed by atoms with E-state index < -0.39 is 5.41 Å². The summed E-state index contributed by atoms with van der Waals surface area (Å²) in [5.41, 5.74) is 16.7. The van der Waals surface area contributed by atoms with E-state index in [9.17, 15) is 0 Å². The van der Waals surface area contributed by atoms with Crippen LogP contribution >= 0.6 is 0 Å². The molecule has 0 saturated heterocycles. The Morgan fingerprint density at radius 3 is 2.17 bits per heavy atom. The van der Waals surface area contributed by atoms with Crippen molar-refractivity contribution in [2.24, 2.45) is 0 Å². The molecule has 1 spiro atoms. The van der Waals surface area contributed by atoms with Crippen molar-refractivity contribution in [3.8, 4) is 33.4 Å². The van der Waals surface area contributed by atoms with Gasteiger partial charge < -0.3 is 9.73 Å². The van der Waals surface area contributed by atoms with Crippen molar-refractivity contribution >= 4 is 21.9 Å². The first-order valence-corrected chi connectivity index (χ1v) is 16.8. The highest BCUT2D eigenvalue weighted by molar-refractivity contribution is 6.13. The lowest BCUT2D eigenvalue weighted by Gasteiger charge is -2.31. The van der Waals surface area contributed by atoms with Gasteiger partial charge in [-0.05, 0) is 73.3 Å². The maximum atomic E-state index is 6.73. The number of para-hydroxylation sites is 1. The molecule has 226 valence electrons. The summed E-state index contributed by atoms with van der Waals surface area (Å²) in [7, 11) is 0. The van der Waals surface area contributed by atoms with Crippen LogP contribution in [0.5, 0.6) is 0 Å². The minimum Gasteiger partial charge on any atom is -0.455 e. The highest BCUT2D eigenvalue weighted by atomic mass is 16.3. The van der Waals surface area contributed by atoms with Crippen LogP contribution in [0.15, 0.2) is 168 Å². The first-order chi connectivity index (χ1) is 23.8. The first-order valence-electron chi connectivity index (χ1n) is 16.8. The molecule has 4 aliphatic rings. The van der Waals surface area contributed by atoms with E-state index in [1.54, 1.807) is 0 Å². The van der Waals surface area contributed by atoms with Crippen LogP contribution in [0.3, 0.4) is 0 Å². The second-order valence-corrected chi connectivity index (χ2v) is 13.3. The maximum absolute atomic E-state index is 6.73. The van der Waals surface area contributed by atoms with Gasteiger partial charge in [-0.25, -0.2) is 0 Å². The van der Waals surface area contributed by atoms with E-state index in [-0.39, 0.29) is 12.2 Å². The van der Waals surface area contributed by atoms with Gasteiger partial charge in [-0.15, -0.1) is 0 Å². The van der Waals surface area contributed by atoms with Gasteiger partial charge in [0, 0.05) is 22.5 Å². The van der Waals surface area contributed by atoms with E-state index in [0.29, 0.717) is 0 Å². The molecule has 7 aromatic rings. The number of allylic oxidation sites excluding steroid dienone is 2. The van der Waals surface area contributed by atoms with Gasteiger partial charge in [-0.2, -0.15) is 0 Å². The normalized spacial score (nSPS) is 19.0. The lowest BCUT2D eigenvalue weighted by Crippen LogP contribution is -2.43. The summed E-state index contributed by atoms with van der Waals surface area (Å²) in [5.74, 6) is 0. The highest BCUT2D eigenvalue weighted by Crippen LogP contribution is 2.64. The smallest absolute Gasteiger partial charge is 0.143 e. The van der Waals surface area contributed by atoms with E-state index in [2.05, 4.69) is 169 Å². The molecule has 3 heteroatoms. The summed E-state index contributed by atoms with van der Waals surface area (Å²) in [6.07, 6.45) is 10.8. The third kappa shape index (κ3) is 3.36. The van der Waals surface area contributed by atoms with Gasteiger partial charge in [0.2, 0.25) is 0 Å². The fraction of sp³-hybridized carbons (Fsp3) is 0.0667. The standard InChI is InChI=1S/C45H30N2O/c1-7-15-40-30(9-1)26-46-44(47-40)28-19-17-27(18-20-28)29-21-22-35-39(25-29)45(36-13-5-2-10-31(36)32-11-3-6-14-37(32)45)38-24-23-34-33-12-4-8-16-41(33)48-43(34)42(35)38/h1-26,40,44,46-47H. The van der Waals surface area contributed by atoms with Crippen molar-refractivity contribution in [2.45, 2.75) is 17.6 Å². The topological polar surface area (TPSA) is 37.2 Å². The molecule has 2 heterocycles. The van der Waals surface area contributed by atoms with Crippen molar-refractivity contribution in [2.75, 3.05) is 0 Å². The van der Waals surface area contributed by atoms with Crippen molar-refractivity contribution in [1.82, 2.24) is 10.6 Å².